The summed E-state index contributed by atoms with van der Waals surface area (Å²) in [6.07, 6.45) is 1.43. The van der Waals surface area contributed by atoms with Crippen molar-refractivity contribution < 1.29 is 9.84 Å². The molecule has 1 N–H and O–H groups in total. The first kappa shape index (κ1) is 15.3. The smallest absolute Gasteiger partial charge is 0.289 e. The van der Waals surface area contributed by atoms with Crippen molar-refractivity contribution in [2.75, 3.05) is 7.11 Å². The van der Waals surface area contributed by atoms with Gasteiger partial charge in [0.15, 0.2) is 11.5 Å². The second-order valence-electron chi connectivity index (χ2n) is 4.75. The third kappa shape index (κ3) is 2.83. The van der Waals surface area contributed by atoms with Crippen LogP contribution in [0.4, 0.5) is 0 Å². The zero-order valence-corrected chi connectivity index (χ0v) is 12.5. The number of pyridine rings is 1. The molecule has 22 heavy (non-hydrogen) atoms. The summed E-state index contributed by atoms with van der Waals surface area (Å²) in [6.45, 7) is 3.45. The lowest BCUT2D eigenvalue weighted by Crippen LogP contribution is -2.22. The van der Waals surface area contributed by atoms with Crippen LogP contribution in [0.3, 0.4) is 0 Å². The first-order valence-electron chi connectivity index (χ1n) is 6.52. The first-order chi connectivity index (χ1) is 10.5. The highest BCUT2D eigenvalue weighted by atomic mass is 16.5. The maximum Gasteiger partial charge on any atom is 0.289 e. The SMILES string of the molecule is COc1ccc(/C=N/n2c(C)cc(C)c(C#N)c2=O)cc1O. The molecule has 0 aliphatic rings. The van der Waals surface area contributed by atoms with Gasteiger partial charge in [-0.05, 0) is 49.2 Å². The van der Waals surface area contributed by atoms with Gasteiger partial charge in [0.2, 0.25) is 0 Å². The molecule has 112 valence electrons. The minimum absolute atomic E-state index is 0.0165. The molecule has 0 saturated carbocycles. The standard InChI is InChI=1S/C16H15N3O3/c1-10-6-11(2)19(16(21)13(10)8-17)18-9-12-4-5-15(22-3)14(20)7-12/h4-7,9,20H,1-3H3/b18-9+. The van der Waals surface area contributed by atoms with Crippen LogP contribution in [0.1, 0.15) is 22.4 Å². The number of ether oxygens (including phenoxy) is 1. The highest BCUT2D eigenvalue weighted by Gasteiger charge is 2.09. The minimum Gasteiger partial charge on any atom is -0.504 e. The topological polar surface area (TPSA) is 87.6 Å². The summed E-state index contributed by atoms with van der Waals surface area (Å²) in [7, 11) is 1.46. The van der Waals surface area contributed by atoms with E-state index in [1.807, 2.05) is 6.07 Å². The van der Waals surface area contributed by atoms with Crippen LogP contribution in [-0.2, 0) is 0 Å². The number of methoxy groups -OCH3 is 1. The van der Waals surface area contributed by atoms with Crippen LogP contribution in [-0.4, -0.2) is 23.1 Å². The fourth-order valence-electron chi connectivity index (χ4n) is 2.07. The predicted octanol–water partition coefficient (Wildman–Crippen LogP) is 1.93. The van der Waals surface area contributed by atoms with Crippen molar-refractivity contribution in [2.24, 2.45) is 5.10 Å². The Bertz CT molecular complexity index is 845. The monoisotopic (exact) mass is 297 g/mol. The van der Waals surface area contributed by atoms with Gasteiger partial charge in [-0.15, -0.1) is 0 Å². The van der Waals surface area contributed by atoms with Crippen molar-refractivity contribution in [3.63, 3.8) is 0 Å². The van der Waals surface area contributed by atoms with Crippen LogP contribution in [0.2, 0.25) is 0 Å². The van der Waals surface area contributed by atoms with Gasteiger partial charge in [-0.3, -0.25) is 4.79 Å². The molecule has 1 heterocycles. The van der Waals surface area contributed by atoms with E-state index in [0.29, 0.717) is 22.6 Å². The van der Waals surface area contributed by atoms with Crippen LogP contribution in [0.25, 0.3) is 0 Å². The second-order valence-corrected chi connectivity index (χ2v) is 4.75. The van der Waals surface area contributed by atoms with Crippen LogP contribution < -0.4 is 10.3 Å². The number of phenolic OH excluding ortho intramolecular Hbond substituents is 1. The number of rotatable bonds is 3. The van der Waals surface area contributed by atoms with Gasteiger partial charge in [0, 0.05) is 5.69 Å². The number of hydrogen-bond donors (Lipinski definition) is 1. The quantitative estimate of drug-likeness (QED) is 0.877. The number of aromatic nitrogens is 1. The van der Waals surface area contributed by atoms with E-state index in [9.17, 15) is 9.90 Å². The van der Waals surface area contributed by atoms with Crippen molar-refractivity contribution in [3.8, 4) is 17.6 Å². The van der Waals surface area contributed by atoms with E-state index >= 15 is 0 Å². The van der Waals surface area contributed by atoms with Gasteiger partial charge < -0.3 is 9.84 Å². The van der Waals surface area contributed by atoms with E-state index in [-0.39, 0.29) is 11.3 Å². The Balaban J connectivity index is 2.45. The zero-order valence-electron chi connectivity index (χ0n) is 12.5. The molecule has 0 bridgehead atoms. The molecule has 0 aliphatic carbocycles. The molecule has 1 aromatic carbocycles. The number of nitrogens with zero attached hydrogens (tertiary/aromatic N) is 3. The lowest BCUT2D eigenvalue weighted by Gasteiger charge is -2.06. The fraction of sp³-hybridized carbons (Fsp3) is 0.188. The molecular weight excluding hydrogens is 282 g/mol. The minimum atomic E-state index is -0.464. The molecule has 1 aromatic heterocycles. The summed E-state index contributed by atoms with van der Waals surface area (Å²) in [5.41, 5.74) is 1.45. The van der Waals surface area contributed by atoms with E-state index in [4.69, 9.17) is 10.00 Å². The Kier molecular flexibility index (Phi) is 4.28. The maximum absolute atomic E-state index is 12.2. The lowest BCUT2D eigenvalue weighted by molar-refractivity contribution is 0.373. The van der Waals surface area contributed by atoms with Crippen molar-refractivity contribution in [1.29, 1.82) is 5.26 Å². The summed E-state index contributed by atoms with van der Waals surface area (Å²) in [5.74, 6) is 0.338. The summed E-state index contributed by atoms with van der Waals surface area (Å²) >= 11 is 0. The normalized spacial score (nSPS) is 10.6. The van der Waals surface area contributed by atoms with E-state index in [1.165, 1.54) is 19.4 Å². The Labute approximate surface area is 127 Å². The molecule has 0 aliphatic heterocycles. The van der Waals surface area contributed by atoms with Gasteiger partial charge >= 0.3 is 0 Å². The summed E-state index contributed by atoms with van der Waals surface area (Å²) in [6, 6.07) is 8.38. The first-order valence-corrected chi connectivity index (χ1v) is 6.52. The molecule has 0 atom stereocenters. The molecular formula is C16H15N3O3. The third-order valence-corrected chi connectivity index (χ3v) is 3.20. The fourth-order valence-corrected chi connectivity index (χ4v) is 2.07. The number of nitriles is 1. The largest absolute Gasteiger partial charge is 0.504 e. The molecule has 2 aromatic rings. The molecule has 0 amide bonds. The van der Waals surface area contributed by atoms with Gasteiger partial charge in [-0.2, -0.15) is 10.4 Å². The van der Waals surface area contributed by atoms with Gasteiger partial charge in [0.25, 0.3) is 5.56 Å². The van der Waals surface area contributed by atoms with Crippen LogP contribution >= 0.6 is 0 Å². The summed E-state index contributed by atoms with van der Waals surface area (Å²) in [4.78, 5) is 12.2. The van der Waals surface area contributed by atoms with Gasteiger partial charge in [-0.1, -0.05) is 0 Å². The molecule has 6 nitrogen and oxygen atoms in total. The molecule has 0 saturated heterocycles. The Morgan fingerprint density at radius 3 is 2.68 bits per heavy atom. The average Bonchev–Trinajstić information content (AvgIpc) is 2.47. The second kappa shape index (κ2) is 6.14. The van der Waals surface area contributed by atoms with Gasteiger partial charge in [0.05, 0.1) is 13.3 Å². The van der Waals surface area contributed by atoms with Crippen LogP contribution in [0.15, 0.2) is 34.2 Å². The highest BCUT2D eigenvalue weighted by Crippen LogP contribution is 2.25. The molecule has 0 radical (unpaired) electrons. The number of aromatic hydroxyl groups is 1. The molecule has 0 unspecified atom stereocenters. The third-order valence-electron chi connectivity index (χ3n) is 3.20. The number of benzene rings is 1. The van der Waals surface area contributed by atoms with E-state index in [0.717, 1.165) is 4.68 Å². The van der Waals surface area contributed by atoms with Crippen molar-refractivity contribution in [3.05, 3.63) is 57.0 Å². The number of aryl methyl sites for hydroxylation is 2. The Morgan fingerprint density at radius 1 is 1.36 bits per heavy atom. The zero-order chi connectivity index (χ0) is 16.3. The van der Waals surface area contributed by atoms with E-state index in [2.05, 4.69) is 5.10 Å². The van der Waals surface area contributed by atoms with Crippen LogP contribution in [0.5, 0.6) is 11.5 Å². The highest BCUT2D eigenvalue weighted by molar-refractivity contribution is 5.80. The van der Waals surface area contributed by atoms with Crippen molar-refractivity contribution in [2.45, 2.75) is 13.8 Å². The van der Waals surface area contributed by atoms with E-state index < -0.39 is 5.56 Å². The lowest BCUT2D eigenvalue weighted by atomic mass is 10.1. The van der Waals surface area contributed by atoms with Gasteiger partial charge in [-0.25, -0.2) is 4.68 Å². The summed E-state index contributed by atoms with van der Waals surface area (Å²) in [5, 5.41) is 22.8. The van der Waals surface area contributed by atoms with Crippen molar-refractivity contribution >= 4 is 6.21 Å². The Morgan fingerprint density at radius 2 is 2.09 bits per heavy atom. The molecule has 6 heteroatoms. The van der Waals surface area contributed by atoms with Crippen molar-refractivity contribution in [1.82, 2.24) is 4.68 Å². The Hall–Kier alpha value is -3.07. The predicted molar refractivity (Wildman–Crippen MR) is 82.5 cm³/mol. The van der Waals surface area contributed by atoms with Gasteiger partial charge in [0.1, 0.15) is 11.6 Å². The van der Waals surface area contributed by atoms with E-state index in [1.54, 1.807) is 32.0 Å². The number of phenols is 1. The van der Waals surface area contributed by atoms with Crippen LogP contribution in [0, 0.1) is 25.2 Å². The average molecular weight is 297 g/mol. The maximum atomic E-state index is 12.2. The summed E-state index contributed by atoms with van der Waals surface area (Å²) < 4.78 is 6.12. The molecule has 0 fully saturated rings. The number of hydrogen-bond acceptors (Lipinski definition) is 5. The molecule has 2 rings (SSSR count). The molecule has 0 spiro atoms.